The van der Waals surface area contributed by atoms with E-state index in [1.54, 1.807) is 6.42 Å². The van der Waals surface area contributed by atoms with Crippen LogP contribution in [0.2, 0.25) is 0 Å². The second-order valence-corrected chi connectivity index (χ2v) is 3.26. The Bertz CT molecular complexity index is 119. The second kappa shape index (κ2) is 3.51. The molecule has 1 atom stereocenters. The lowest BCUT2D eigenvalue weighted by molar-refractivity contribution is -0.0738. The maximum atomic E-state index is 13.0. The zero-order valence-electron chi connectivity index (χ0n) is 6.95. The van der Waals surface area contributed by atoms with E-state index in [0.717, 1.165) is 12.8 Å². The summed E-state index contributed by atoms with van der Waals surface area (Å²) in [5.74, 6) is -2.85. The molecule has 0 aromatic rings. The van der Waals surface area contributed by atoms with Crippen molar-refractivity contribution in [2.75, 3.05) is 0 Å². The highest BCUT2D eigenvalue weighted by molar-refractivity contribution is 4.89. The molecule has 65 valence electrons. The number of alkyl halides is 2. The Morgan fingerprint density at radius 3 is 2.73 bits per heavy atom. The van der Waals surface area contributed by atoms with Crippen LogP contribution in [0.4, 0.5) is 8.78 Å². The van der Waals surface area contributed by atoms with E-state index in [4.69, 9.17) is 0 Å². The van der Waals surface area contributed by atoms with Crippen molar-refractivity contribution in [2.45, 2.75) is 45.0 Å². The SMILES string of the molecule is CC[CH]C1CCCCC1(F)F. The Balaban J connectivity index is 2.45. The first-order chi connectivity index (χ1) is 5.17. The minimum absolute atomic E-state index is 0.0914. The molecule has 0 aromatic carbocycles. The van der Waals surface area contributed by atoms with Gasteiger partial charge in [-0.1, -0.05) is 19.8 Å². The second-order valence-electron chi connectivity index (χ2n) is 3.26. The standard InChI is InChI=1S/C9H15F2/c1-2-5-8-6-3-4-7-9(8,10)11/h5,8H,2-4,6-7H2,1H3. The van der Waals surface area contributed by atoms with Crippen LogP contribution in [0.15, 0.2) is 0 Å². The van der Waals surface area contributed by atoms with Crippen LogP contribution >= 0.6 is 0 Å². The Kier molecular flexibility index (Phi) is 2.85. The largest absolute Gasteiger partial charge is 0.251 e. The molecule has 0 amide bonds. The molecule has 0 N–H and O–H groups in total. The maximum absolute atomic E-state index is 13.0. The summed E-state index contributed by atoms with van der Waals surface area (Å²) in [7, 11) is 0. The van der Waals surface area contributed by atoms with Gasteiger partial charge in [0, 0.05) is 12.3 Å². The van der Waals surface area contributed by atoms with Gasteiger partial charge in [0.1, 0.15) is 0 Å². The van der Waals surface area contributed by atoms with Crippen molar-refractivity contribution in [2.24, 2.45) is 5.92 Å². The predicted molar refractivity (Wildman–Crippen MR) is 41.5 cm³/mol. The molecule has 1 rings (SSSR count). The van der Waals surface area contributed by atoms with Crippen molar-refractivity contribution in [1.29, 1.82) is 0 Å². The Labute approximate surface area is 67.0 Å². The van der Waals surface area contributed by atoms with Gasteiger partial charge in [-0.2, -0.15) is 0 Å². The highest BCUT2D eigenvalue weighted by Gasteiger charge is 2.40. The van der Waals surface area contributed by atoms with E-state index in [1.165, 1.54) is 0 Å². The van der Waals surface area contributed by atoms with Crippen LogP contribution in [0.1, 0.15) is 39.0 Å². The molecule has 0 aliphatic heterocycles. The van der Waals surface area contributed by atoms with Crippen molar-refractivity contribution < 1.29 is 8.78 Å². The normalized spacial score (nSPS) is 30.3. The van der Waals surface area contributed by atoms with E-state index < -0.39 is 11.8 Å². The molecule has 0 spiro atoms. The zero-order chi connectivity index (χ0) is 8.32. The lowest BCUT2D eigenvalue weighted by Crippen LogP contribution is -2.31. The average Bonchev–Trinajstić information content (AvgIpc) is 1.94. The third kappa shape index (κ3) is 2.14. The number of hydrogen-bond donors (Lipinski definition) is 0. The van der Waals surface area contributed by atoms with Crippen molar-refractivity contribution in [1.82, 2.24) is 0 Å². The Hall–Kier alpha value is -0.140. The van der Waals surface area contributed by atoms with Crippen LogP contribution in [-0.4, -0.2) is 5.92 Å². The van der Waals surface area contributed by atoms with Gasteiger partial charge in [-0.15, -0.1) is 0 Å². The molecule has 0 bridgehead atoms. The number of halogens is 2. The quantitative estimate of drug-likeness (QED) is 0.582. The average molecular weight is 161 g/mol. The van der Waals surface area contributed by atoms with E-state index in [2.05, 4.69) is 0 Å². The summed E-state index contributed by atoms with van der Waals surface area (Å²) in [6.45, 7) is 1.92. The molecular formula is C9H15F2. The van der Waals surface area contributed by atoms with E-state index >= 15 is 0 Å². The van der Waals surface area contributed by atoms with Crippen LogP contribution in [-0.2, 0) is 0 Å². The smallest absolute Gasteiger partial charge is 0.207 e. The summed E-state index contributed by atoms with van der Waals surface area (Å²) in [4.78, 5) is 0. The lowest BCUT2D eigenvalue weighted by atomic mass is 9.83. The lowest BCUT2D eigenvalue weighted by Gasteiger charge is -2.30. The fraction of sp³-hybridized carbons (Fsp3) is 0.889. The molecule has 1 unspecified atom stereocenters. The Morgan fingerprint density at radius 1 is 1.45 bits per heavy atom. The summed E-state index contributed by atoms with van der Waals surface area (Å²) in [6, 6.07) is 0. The first kappa shape index (κ1) is 8.95. The first-order valence-electron chi connectivity index (χ1n) is 4.38. The van der Waals surface area contributed by atoms with Gasteiger partial charge in [-0.3, -0.25) is 0 Å². The van der Waals surface area contributed by atoms with Gasteiger partial charge in [0.05, 0.1) is 0 Å². The highest BCUT2D eigenvalue weighted by atomic mass is 19.3. The Morgan fingerprint density at radius 2 is 2.18 bits per heavy atom. The molecule has 1 aliphatic carbocycles. The summed E-state index contributed by atoms with van der Waals surface area (Å²) in [6.07, 6.45) is 4.96. The third-order valence-electron chi connectivity index (χ3n) is 2.34. The van der Waals surface area contributed by atoms with Crippen molar-refractivity contribution in [3.05, 3.63) is 6.42 Å². The van der Waals surface area contributed by atoms with Crippen molar-refractivity contribution in [3.63, 3.8) is 0 Å². The molecule has 0 heterocycles. The number of hydrogen-bond acceptors (Lipinski definition) is 0. The molecule has 1 fully saturated rings. The number of rotatable bonds is 2. The maximum Gasteiger partial charge on any atom is 0.251 e. The minimum Gasteiger partial charge on any atom is -0.207 e. The zero-order valence-corrected chi connectivity index (χ0v) is 6.95. The highest BCUT2D eigenvalue weighted by Crippen LogP contribution is 2.40. The molecule has 1 radical (unpaired) electrons. The van der Waals surface area contributed by atoms with Crippen LogP contribution in [0.5, 0.6) is 0 Å². The van der Waals surface area contributed by atoms with Gasteiger partial charge >= 0.3 is 0 Å². The van der Waals surface area contributed by atoms with E-state index in [1.807, 2.05) is 6.92 Å². The van der Waals surface area contributed by atoms with Gasteiger partial charge in [0.2, 0.25) is 0 Å². The van der Waals surface area contributed by atoms with E-state index in [9.17, 15) is 8.78 Å². The molecule has 11 heavy (non-hydrogen) atoms. The van der Waals surface area contributed by atoms with Crippen LogP contribution in [0.25, 0.3) is 0 Å². The summed E-state index contributed by atoms with van der Waals surface area (Å²) in [5, 5.41) is 0. The van der Waals surface area contributed by atoms with Gasteiger partial charge in [0.25, 0.3) is 5.92 Å². The minimum atomic E-state index is -2.41. The summed E-state index contributed by atoms with van der Waals surface area (Å²) < 4.78 is 26.0. The molecule has 0 aromatic heterocycles. The molecule has 2 heteroatoms. The van der Waals surface area contributed by atoms with Gasteiger partial charge in [0.15, 0.2) is 0 Å². The molecule has 1 saturated carbocycles. The van der Waals surface area contributed by atoms with Crippen molar-refractivity contribution >= 4 is 0 Å². The van der Waals surface area contributed by atoms with E-state index in [-0.39, 0.29) is 6.42 Å². The molecule has 0 nitrogen and oxygen atoms in total. The van der Waals surface area contributed by atoms with Crippen LogP contribution < -0.4 is 0 Å². The monoisotopic (exact) mass is 161 g/mol. The fourth-order valence-electron chi connectivity index (χ4n) is 1.70. The van der Waals surface area contributed by atoms with Gasteiger partial charge in [-0.05, 0) is 19.3 Å². The van der Waals surface area contributed by atoms with Crippen LogP contribution in [0, 0.1) is 12.3 Å². The van der Waals surface area contributed by atoms with Gasteiger partial charge < -0.3 is 0 Å². The molecular weight excluding hydrogens is 146 g/mol. The summed E-state index contributed by atoms with van der Waals surface area (Å²) in [5.41, 5.74) is 0. The predicted octanol–water partition coefficient (Wildman–Crippen LogP) is 3.43. The topological polar surface area (TPSA) is 0 Å². The van der Waals surface area contributed by atoms with Crippen molar-refractivity contribution in [3.8, 4) is 0 Å². The van der Waals surface area contributed by atoms with Gasteiger partial charge in [-0.25, -0.2) is 8.78 Å². The van der Waals surface area contributed by atoms with E-state index in [0.29, 0.717) is 12.8 Å². The molecule has 0 saturated heterocycles. The van der Waals surface area contributed by atoms with Crippen LogP contribution in [0.3, 0.4) is 0 Å². The third-order valence-corrected chi connectivity index (χ3v) is 2.34. The first-order valence-corrected chi connectivity index (χ1v) is 4.38. The fourth-order valence-corrected chi connectivity index (χ4v) is 1.70. The summed E-state index contributed by atoms with van der Waals surface area (Å²) >= 11 is 0. The molecule has 1 aliphatic rings.